The number of carbonyl (C=O) groups excluding carboxylic acids is 1. The zero-order chi connectivity index (χ0) is 21.6. The van der Waals surface area contributed by atoms with Gasteiger partial charge in [0.15, 0.2) is 0 Å². The molecule has 1 aliphatic rings. The summed E-state index contributed by atoms with van der Waals surface area (Å²) in [5.74, 6) is 0.734. The van der Waals surface area contributed by atoms with Gasteiger partial charge >= 0.3 is 0 Å². The Morgan fingerprint density at radius 2 is 2.00 bits per heavy atom. The normalized spacial score (nSPS) is 16.6. The summed E-state index contributed by atoms with van der Waals surface area (Å²) in [6.07, 6.45) is 3.32. The van der Waals surface area contributed by atoms with Gasteiger partial charge < -0.3 is 14.7 Å². The van der Waals surface area contributed by atoms with Gasteiger partial charge in [0, 0.05) is 35.5 Å². The van der Waals surface area contributed by atoms with Crippen LogP contribution in [-0.2, 0) is 4.79 Å². The van der Waals surface area contributed by atoms with Crippen LogP contribution in [0.2, 0.25) is 10.0 Å². The lowest BCUT2D eigenvalue weighted by molar-refractivity contribution is -0.135. The van der Waals surface area contributed by atoms with Gasteiger partial charge in [-0.15, -0.1) is 0 Å². The third kappa shape index (κ3) is 7.07. The van der Waals surface area contributed by atoms with Crippen LogP contribution in [0.3, 0.4) is 0 Å². The quantitative estimate of drug-likeness (QED) is 0.428. The highest BCUT2D eigenvalue weighted by Crippen LogP contribution is 2.41. The van der Waals surface area contributed by atoms with E-state index in [0.29, 0.717) is 35.5 Å². The maximum absolute atomic E-state index is 11.8. The maximum atomic E-state index is 11.8. The van der Waals surface area contributed by atoms with Crippen LogP contribution in [0.5, 0.6) is 5.75 Å². The van der Waals surface area contributed by atoms with Crippen molar-refractivity contribution >= 4 is 41.1 Å². The van der Waals surface area contributed by atoms with E-state index in [0.717, 1.165) is 18.4 Å². The molecule has 1 fully saturated rings. The smallest absolute Gasteiger partial charge is 0.248 e. The number of likely N-dealkylation sites (tertiary alicyclic amines) is 1. The molecule has 0 radical (unpaired) electrons. The summed E-state index contributed by atoms with van der Waals surface area (Å²) >= 11 is 14.3. The summed E-state index contributed by atoms with van der Waals surface area (Å²) in [4.78, 5) is 13.5. The van der Waals surface area contributed by atoms with Gasteiger partial charge in [0.2, 0.25) is 5.91 Å². The summed E-state index contributed by atoms with van der Waals surface area (Å²) in [5.41, 5.74) is 0.949. The molecule has 0 saturated carbocycles. The van der Waals surface area contributed by atoms with Crippen molar-refractivity contribution in [3.63, 3.8) is 0 Å². The van der Waals surface area contributed by atoms with Crippen molar-refractivity contribution in [2.24, 2.45) is 5.92 Å². The summed E-state index contributed by atoms with van der Waals surface area (Å²) in [5, 5.41) is 10.1. The minimum atomic E-state index is -0.446. The molecular formula is C21H30Cl2N2O3S. The molecule has 1 atom stereocenters. The van der Waals surface area contributed by atoms with Crippen molar-refractivity contribution in [2.75, 3.05) is 26.3 Å². The van der Waals surface area contributed by atoms with E-state index in [1.807, 2.05) is 6.07 Å². The van der Waals surface area contributed by atoms with Crippen molar-refractivity contribution in [3.05, 3.63) is 40.4 Å². The number of benzene rings is 1. The standard InChI is InChI=1S/C21H30Cl2N2O3S/c1-5-10-28-18-12-17(23)16(22)11-15(18)20(24-29-21(2,3)4)14-6-8-25(9-7-14)19(27)13-26/h5,11-12,14,20,24,26H,1,6-10,13H2,2-4H3. The van der Waals surface area contributed by atoms with Gasteiger partial charge in [0.1, 0.15) is 19.0 Å². The number of hydrogen-bond acceptors (Lipinski definition) is 5. The zero-order valence-corrected chi connectivity index (χ0v) is 19.5. The number of nitrogens with zero attached hydrogens (tertiary/aromatic N) is 1. The van der Waals surface area contributed by atoms with Crippen molar-refractivity contribution in [1.82, 2.24) is 9.62 Å². The van der Waals surface area contributed by atoms with Crippen LogP contribution in [0.1, 0.15) is 45.2 Å². The SMILES string of the molecule is C=CCOc1cc(Cl)c(Cl)cc1C(NSC(C)(C)C)C1CCN(C(=O)CO)CC1. The van der Waals surface area contributed by atoms with E-state index in [9.17, 15) is 4.79 Å². The largest absolute Gasteiger partial charge is 0.489 e. The Balaban J connectivity index is 2.32. The van der Waals surface area contributed by atoms with E-state index in [2.05, 4.69) is 32.1 Å². The minimum Gasteiger partial charge on any atom is -0.489 e. The van der Waals surface area contributed by atoms with Gasteiger partial charge in [0.05, 0.1) is 10.0 Å². The molecule has 2 N–H and O–H groups in total. The lowest BCUT2D eigenvalue weighted by Crippen LogP contribution is -2.42. The second-order valence-electron chi connectivity index (χ2n) is 8.09. The molecular weight excluding hydrogens is 431 g/mol. The molecule has 1 aliphatic heterocycles. The molecule has 1 saturated heterocycles. The topological polar surface area (TPSA) is 61.8 Å². The van der Waals surface area contributed by atoms with Crippen LogP contribution < -0.4 is 9.46 Å². The molecule has 162 valence electrons. The molecule has 1 aromatic carbocycles. The number of hydrogen-bond donors (Lipinski definition) is 2. The first-order valence-corrected chi connectivity index (χ1v) is 11.3. The number of piperidine rings is 1. The molecule has 1 heterocycles. The van der Waals surface area contributed by atoms with Crippen molar-refractivity contribution in [2.45, 2.75) is 44.4 Å². The molecule has 0 aromatic heterocycles. The number of aliphatic hydroxyl groups is 1. The Labute approximate surface area is 187 Å². The Bertz CT molecular complexity index is 717. The number of aliphatic hydroxyl groups excluding tert-OH is 1. The zero-order valence-electron chi connectivity index (χ0n) is 17.2. The van der Waals surface area contributed by atoms with Crippen molar-refractivity contribution in [3.8, 4) is 5.75 Å². The second kappa shape index (κ2) is 10.9. The molecule has 1 amide bonds. The lowest BCUT2D eigenvalue weighted by atomic mass is 9.85. The van der Waals surface area contributed by atoms with E-state index >= 15 is 0 Å². The van der Waals surface area contributed by atoms with Crippen LogP contribution in [0.15, 0.2) is 24.8 Å². The fraction of sp³-hybridized carbons (Fsp3) is 0.571. The number of halogens is 2. The van der Waals surface area contributed by atoms with Gasteiger partial charge in [-0.25, -0.2) is 0 Å². The third-order valence-electron chi connectivity index (χ3n) is 4.74. The molecule has 5 nitrogen and oxygen atoms in total. The van der Waals surface area contributed by atoms with Gasteiger partial charge in [-0.2, -0.15) is 0 Å². The first kappa shape index (κ1) is 24.4. The van der Waals surface area contributed by atoms with E-state index in [4.69, 9.17) is 33.0 Å². The first-order chi connectivity index (χ1) is 13.7. The van der Waals surface area contributed by atoms with Gasteiger partial charge in [-0.1, -0.05) is 47.8 Å². The monoisotopic (exact) mass is 460 g/mol. The van der Waals surface area contributed by atoms with E-state index in [1.165, 1.54) is 0 Å². The highest BCUT2D eigenvalue weighted by atomic mass is 35.5. The summed E-state index contributed by atoms with van der Waals surface area (Å²) in [6.45, 7) is 11.3. The van der Waals surface area contributed by atoms with Crippen molar-refractivity contribution < 1.29 is 14.6 Å². The fourth-order valence-electron chi connectivity index (χ4n) is 3.30. The number of carbonyl (C=O) groups is 1. The molecule has 0 bridgehead atoms. The number of ether oxygens (including phenoxy) is 1. The predicted molar refractivity (Wildman–Crippen MR) is 122 cm³/mol. The molecule has 0 aliphatic carbocycles. The lowest BCUT2D eigenvalue weighted by Gasteiger charge is -2.37. The maximum Gasteiger partial charge on any atom is 0.248 e. The van der Waals surface area contributed by atoms with Gasteiger partial charge in [0.25, 0.3) is 0 Å². The van der Waals surface area contributed by atoms with Crippen LogP contribution in [0.25, 0.3) is 0 Å². The number of amides is 1. The van der Waals surface area contributed by atoms with E-state index in [-0.39, 0.29) is 22.6 Å². The molecule has 2 rings (SSSR count). The average molecular weight is 461 g/mol. The van der Waals surface area contributed by atoms with Crippen LogP contribution in [0.4, 0.5) is 0 Å². The van der Waals surface area contributed by atoms with Crippen LogP contribution >= 0.6 is 35.1 Å². The molecule has 8 heteroatoms. The minimum absolute atomic E-state index is 0.0180. The van der Waals surface area contributed by atoms with Crippen LogP contribution in [0, 0.1) is 5.92 Å². The predicted octanol–water partition coefficient (Wildman–Crippen LogP) is 4.87. The third-order valence-corrected chi connectivity index (χ3v) is 6.44. The van der Waals surface area contributed by atoms with Crippen molar-refractivity contribution in [1.29, 1.82) is 0 Å². The first-order valence-electron chi connectivity index (χ1n) is 9.71. The molecule has 1 unspecified atom stereocenters. The molecule has 29 heavy (non-hydrogen) atoms. The molecule has 0 spiro atoms. The molecule has 1 aromatic rings. The Morgan fingerprint density at radius 3 is 2.55 bits per heavy atom. The Kier molecular flexibility index (Phi) is 9.16. The average Bonchev–Trinajstić information content (AvgIpc) is 2.68. The van der Waals surface area contributed by atoms with Gasteiger partial charge in [-0.3, -0.25) is 9.52 Å². The highest BCUT2D eigenvalue weighted by Gasteiger charge is 2.32. The van der Waals surface area contributed by atoms with Gasteiger partial charge in [-0.05, 0) is 45.6 Å². The van der Waals surface area contributed by atoms with E-state index < -0.39 is 6.61 Å². The summed E-state index contributed by atoms with van der Waals surface area (Å²) < 4.78 is 9.54. The summed E-state index contributed by atoms with van der Waals surface area (Å²) in [7, 11) is 0. The van der Waals surface area contributed by atoms with E-state index in [1.54, 1.807) is 29.0 Å². The number of nitrogens with one attached hydrogen (secondary N) is 1. The summed E-state index contributed by atoms with van der Waals surface area (Å²) in [6, 6.07) is 3.60. The Morgan fingerprint density at radius 1 is 1.38 bits per heavy atom. The number of rotatable bonds is 8. The Hall–Kier alpha value is -0.920. The highest BCUT2D eigenvalue weighted by molar-refractivity contribution is 7.98. The van der Waals surface area contributed by atoms with Crippen LogP contribution in [-0.4, -0.2) is 47.0 Å². The second-order valence-corrected chi connectivity index (χ2v) is 10.6. The fourth-order valence-corrected chi connectivity index (χ4v) is 4.42.